The molecule has 5 N–H and O–H groups in total. The van der Waals surface area contributed by atoms with Crippen molar-refractivity contribution in [2.75, 3.05) is 39.3 Å². The van der Waals surface area contributed by atoms with Gasteiger partial charge in [-0.2, -0.15) is 0 Å². The van der Waals surface area contributed by atoms with E-state index < -0.39 is 23.6 Å². The van der Waals surface area contributed by atoms with Crippen LogP contribution in [0.25, 0.3) is 0 Å². The van der Waals surface area contributed by atoms with E-state index in [1.165, 1.54) is 0 Å². The van der Waals surface area contributed by atoms with Gasteiger partial charge < -0.3 is 26.6 Å². The first-order valence-corrected chi connectivity index (χ1v) is 12.7. The van der Waals surface area contributed by atoms with Gasteiger partial charge in [0.25, 0.3) is 0 Å². The molecule has 0 bridgehead atoms. The Labute approximate surface area is 217 Å². The number of rotatable bonds is 17. The monoisotopic (exact) mass is 524 g/mol. The van der Waals surface area contributed by atoms with Crippen molar-refractivity contribution in [2.24, 2.45) is 11.8 Å². The van der Waals surface area contributed by atoms with Crippen molar-refractivity contribution in [2.45, 2.75) is 59.3 Å². The maximum atomic E-state index is 11.9. The second-order valence-electron chi connectivity index (χ2n) is 9.41. The summed E-state index contributed by atoms with van der Waals surface area (Å²) in [6.07, 6.45) is 2.56. The number of nitrogens with one attached hydrogen (secondary N) is 5. The van der Waals surface area contributed by atoms with Crippen molar-refractivity contribution in [3.8, 4) is 0 Å². The Balaban J connectivity index is 2.06. The van der Waals surface area contributed by atoms with Crippen molar-refractivity contribution in [1.82, 2.24) is 31.5 Å². The number of likely N-dealkylation sites (tertiary alicyclic amines) is 1. The summed E-state index contributed by atoms with van der Waals surface area (Å²) < 4.78 is 0. The highest BCUT2D eigenvalue weighted by Gasteiger charge is 2.34. The molecular weight excluding hydrogens is 484 g/mol. The van der Waals surface area contributed by atoms with Gasteiger partial charge in [-0.1, -0.05) is 20.8 Å². The van der Waals surface area contributed by atoms with E-state index in [0.29, 0.717) is 12.5 Å². The number of imide groups is 1. The summed E-state index contributed by atoms with van der Waals surface area (Å²) in [6, 6.07) is 0. The van der Waals surface area contributed by atoms with Gasteiger partial charge in [0, 0.05) is 44.8 Å². The van der Waals surface area contributed by atoms with Gasteiger partial charge in [0.05, 0.1) is 19.6 Å². The average molecular weight is 525 g/mol. The molecule has 1 heterocycles. The maximum Gasteiger partial charge on any atom is 0.239 e. The lowest BCUT2D eigenvalue weighted by Crippen LogP contribution is -2.44. The lowest BCUT2D eigenvalue weighted by atomic mass is 10.1. The Morgan fingerprint density at radius 1 is 0.757 bits per heavy atom. The van der Waals surface area contributed by atoms with Crippen LogP contribution in [0.5, 0.6) is 0 Å². The lowest BCUT2D eigenvalue weighted by Gasteiger charge is -2.13. The summed E-state index contributed by atoms with van der Waals surface area (Å²) in [5, 5.41) is 12.4. The van der Waals surface area contributed by atoms with E-state index >= 15 is 0 Å². The van der Waals surface area contributed by atoms with Crippen LogP contribution in [-0.2, 0) is 33.6 Å². The minimum absolute atomic E-state index is 0.0358. The lowest BCUT2D eigenvalue weighted by molar-refractivity contribution is -0.139. The zero-order valence-corrected chi connectivity index (χ0v) is 21.9. The molecule has 0 aliphatic carbocycles. The zero-order chi connectivity index (χ0) is 27.8. The highest BCUT2D eigenvalue weighted by atomic mass is 16.2. The molecule has 0 spiro atoms. The number of carbonyl (C=O) groups excluding carboxylic acids is 7. The highest BCUT2D eigenvalue weighted by Crippen LogP contribution is 2.18. The third-order valence-electron chi connectivity index (χ3n) is 5.55. The van der Waals surface area contributed by atoms with Gasteiger partial charge in [0.15, 0.2) is 0 Å². The molecule has 1 fully saturated rings. The fraction of sp³-hybridized carbons (Fsp3) is 0.708. The van der Waals surface area contributed by atoms with Gasteiger partial charge in [-0.05, 0) is 25.2 Å². The predicted octanol–water partition coefficient (Wildman–Crippen LogP) is -1.43. The van der Waals surface area contributed by atoms with Gasteiger partial charge in [0.2, 0.25) is 41.4 Å². The molecule has 208 valence electrons. The molecule has 1 unspecified atom stereocenters. The molecule has 0 saturated carbocycles. The molecule has 0 aromatic heterocycles. The van der Waals surface area contributed by atoms with Crippen LogP contribution in [0, 0.1) is 11.8 Å². The Bertz CT molecular complexity index is 845. The zero-order valence-electron chi connectivity index (χ0n) is 21.9. The van der Waals surface area contributed by atoms with Crippen LogP contribution < -0.4 is 26.6 Å². The number of nitrogens with zero attached hydrogens (tertiary/aromatic N) is 1. The average Bonchev–Trinajstić information content (AvgIpc) is 3.08. The SMILES string of the molecule is CC(C)CCCNC(=O)CCNC(=O)CNC(=O)CNC(=O)CNC(=O)CCCN1C(=O)CC(C)C1=O. The topological polar surface area (TPSA) is 183 Å². The Kier molecular flexibility index (Phi) is 14.5. The molecule has 1 rings (SSSR count). The van der Waals surface area contributed by atoms with E-state index in [0.717, 1.165) is 17.7 Å². The van der Waals surface area contributed by atoms with Gasteiger partial charge in [-0.25, -0.2) is 0 Å². The van der Waals surface area contributed by atoms with Crippen LogP contribution in [0.4, 0.5) is 0 Å². The Morgan fingerprint density at radius 2 is 1.27 bits per heavy atom. The van der Waals surface area contributed by atoms with Crippen molar-refractivity contribution in [3.05, 3.63) is 0 Å². The van der Waals surface area contributed by atoms with E-state index in [1.807, 2.05) is 0 Å². The van der Waals surface area contributed by atoms with E-state index in [2.05, 4.69) is 40.4 Å². The first-order chi connectivity index (χ1) is 17.5. The molecule has 13 heteroatoms. The molecule has 7 amide bonds. The normalized spacial score (nSPS) is 14.9. The van der Waals surface area contributed by atoms with E-state index in [-0.39, 0.29) is 82.0 Å². The van der Waals surface area contributed by atoms with E-state index in [1.54, 1.807) is 6.92 Å². The second kappa shape index (κ2) is 17.0. The first-order valence-electron chi connectivity index (χ1n) is 12.7. The van der Waals surface area contributed by atoms with Crippen LogP contribution in [0.3, 0.4) is 0 Å². The molecule has 13 nitrogen and oxygen atoms in total. The highest BCUT2D eigenvalue weighted by molar-refractivity contribution is 6.03. The maximum absolute atomic E-state index is 11.9. The van der Waals surface area contributed by atoms with Crippen molar-refractivity contribution >= 4 is 41.4 Å². The minimum atomic E-state index is -0.592. The number of carbonyl (C=O) groups is 7. The van der Waals surface area contributed by atoms with Crippen LogP contribution in [-0.4, -0.2) is 85.5 Å². The molecule has 0 aromatic carbocycles. The predicted molar refractivity (Wildman–Crippen MR) is 133 cm³/mol. The second-order valence-corrected chi connectivity index (χ2v) is 9.41. The van der Waals surface area contributed by atoms with Crippen molar-refractivity contribution < 1.29 is 33.6 Å². The summed E-state index contributed by atoms with van der Waals surface area (Å²) in [6.45, 7) is 5.78. The third kappa shape index (κ3) is 14.0. The van der Waals surface area contributed by atoms with E-state index in [9.17, 15) is 33.6 Å². The summed E-state index contributed by atoms with van der Waals surface area (Å²) in [4.78, 5) is 83.6. The first kappa shape index (κ1) is 31.5. The van der Waals surface area contributed by atoms with Crippen molar-refractivity contribution in [1.29, 1.82) is 0 Å². The molecule has 1 saturated heterocycles. The molecule has 1 atom stereocenters. The minimum Gasteiger partial charge on any atom is -0.356 e. The van der Waals surface area contributed by atoms with Crippen molar-refractivity contribution in [3.63, 3.8) is 0 Å². The number of amides is 7. The standard InChI is InChI=1S/C24H40N6O7/c1-16(2)6-4-9-25-19(32)8-10-26-20(33)13-28-22(35)15-29-21(34)14-27-18(31)7-5-11-30-23(36)12-17(3)24(30)37/h16-17H,4-15H2,1-3H3,(H,25,32)(H,26,33)(H,27,31)(H,28,35)(H,29,34). The van der Waals surface area contributed by atoms with E-state index in [4.69, 9.17) is 0 Å². The number of hydrogen-bond acceptors (Lipinski definition) is 7. The third-order valence-corrected chi connectivity index (χ3v) is 5.55. The van der Waals surface area contributed by atoms with Gasteiger partial charge in [0.1, 0.15) is 0 Å². The molecule has 1 aliphatic rings. The van der Waals surface area contributed by atoms with Crippen LogP contribution >= 0.6 is 0 Å². The molecule has 1 aliphatic heterocycles. The van der Waals surface area contributed by atoms with Gasteiger partial charge in [-0.3, -0.25) is 38.5 Å². The molecular formula is C24H40N6O7. The smallest absolute Gasteiger partial charge is 0.239 e. The molecule has 0 radical (unpaired) electrons. The summed E-state index contributed by atoms with van der Waals surface area (Å²) in [5.41, 5.74) is 0. The Hall–Kier alpha value is -3.51. The number of hydrogen-bond donors (Lipinski definition) is 5. The molecule has 0 aromatic rings. The van der Waals surface area contributed by atoms with Crippen LogP contribution in [0.15, 0.2) is 0 Å². The largest absolute Gasteiger partial charge is 0.356 e. The van der Waals surface area contributed by atoms with Crippen LogP contribution in [0.2, 0.25) is 0 Å². The quantitative estimate of drug-likeness (QED) is 0.114. The van der Waals surface area contributed by atoms with Gasteiger partial charge >= 0.3 is 0 Å². The summed E-state index contributed by atoms with van der Waals surface area (Å²) in [5.74, 6) is -2.47. The summed E-state index contributed by atoms with van der Waals surface area (Å²) in [7, 11) is 0. The summed E-state index contributed by atoms with van der Waals surface area (Å²) >= 11 is 0. The van der Waals surface area contributed by atoms with Crippen LogP contribution in [0.1, 0.15) is 59.3 Å². The Morgan fingerprint density at radius 3 is 1.81 bits per heavy atom. The fourth-order valence-electron chi connectivity index (χ4n) is 3.44. The fourth-order valence-corrected chi connectivity index (χ4v) is 3.44. The van der Waals surface area contributed by atoms with Gasteiger partial charge in [-0.15, -0.1) is 0 Å². The molecule has 37 heavy (non-hydrogen) atoms.